The van der Waals surface area contributed by atoms with E-state index in [9.17, 15) is 5.11 Å². The zero-order valence-electron chi connectivity index (χ0n) is 13.6. The highest BCUT2D eigenvalue weighted by atomic mass is 16.3. The van der Waals surface area contributed by atoms with Gasteiger partial charge in [-0.2, -0.15) is 0 Å². The van der Waals surface area contributed by atoms with E-state index in [1.165, 1.54) is 10.8 Å². The third-order valence-corrected chi connectivity index (χ3v) is 4.64. The zero-order chi connectivity index (χ0) is 15.5. The lowest BCUT2D eigenvalue weighted by molar-refractivity contribution is 0.160. The van der Waals surface area contributed by atoms with Crippen molar-refractivity contribution in [3.8, 4) is 0 Å². The van der Waals surface area contributed by atoms with Crippen LogP contribution in [0, 0.1) is 11.3 Å². The molecule has 0 aliphatic rings. The van der Waals surface area contributed by atoms with Crippen molar-refractivity contribution >= 4 is 10.8 Å². The van der Waals surface area contributed by atoms with Crippen molar-refractivity contribution in [3.05, 3.63) is 48.0 Å². The summed E-state index contributed by atoms with van der Waals surface area (Å²) in [6.45, 7) is 10.5. The first-order valence-electron chi connectivity index (χ1n) is 7.77. The van der Waals surface area contributed by atoms with Crippen LogP contribution < -0.4 is 5.32 Å². The van der Waals surface area contributed by atoms with E-state index in [4.69, 9.17) is 0 Å². The molecule has 1 atom stereocenters. The Kier molecular flexibility index (Phi) is 5.02. The van der Waals surface area contributed by atoms with E-state index < -0.39 is 6.10 Å². The molecule has 2 N–H and O–H groups in total. The highest BCUT2D eigenvalue weighted by Gasteiger charge is 2.22. The first kappa shape index (κ1) is 16.0. The number of hydrogen-bond acceptors (Lipinski definition) is 2. The van der Waals surface area contributed by atoms with Crippen molar-refractivity contribution in [2.75, 3.05) is 13.1 Å². The molecule has 0 radical (unpaired) electrons. The standard InChI is InChI=1S/C19H27NO/c1-14(2)19(3,4)13-20-12-18(21)17-10-9-15-7-5-6-8-16(15)11-17/h5-11,14,18,20-21H,12-13H2,1-4H3. The first-order valence-corrected chi connectivity index (χ1v) is 7.77. The van der Waals surface area contributed by atoms with E-state index in [2.05, 4.69) is 57.3 Å². The monoisotopic (exact) mass is 285 g/mol. The molecule has 0 aromatic heterocycles. The zero-order valence-corrected chi connectivity index (χ0v) is 13.6. The van der Waals surface area contributed by atoms with Gasteiger partial charge in [0.2, 0.25) is 0 Å². The summed E-state index contributed by atoms with van der Waals surface area (Å²) in [4.78, 5) is 0. The van der Waals surface area contributed by atoms with Crippen molar-refractivity contribution in [1.82, 2.24) is 5.32 Å². The number of hydrogen-bond donors (Lipinski definition) is 2. The van der Waals surface area contributed by atoms with E-state index in [1.54, 1.807) is 0 Å². The number of nitrogens with one attached hydrogen (secondary N) is 1. The topological polar surface area (TPSA) is 32.3 Å². The van der Waals surface area contributed by atoms with Crippen LogP contribution in [0.4, 0.5) is 0 Å². The third-order valence-electron chi connectivity index (χ3n) is 4.64. The molecule has 0 bridgehead atoms. The minimum absolute atomic E-state index is 0.239. The van der Waals surface area contributed by atoms with Crippen molar-refractivity contribution in [1.29, 1.82) is 0 Å². The molecule has 2 nitrogen and oxygen atoms in total. The van der Waals surface area contributed by atoms with Crippen LogP contribution in [0.2, 0.25) is 0 Å². The summed E-state index contributed by atoms with van der Waals surface area (Å²) < 4.78 is 0. The van der Waals surface area contributed by atoms with Crippen LogP contribution in [0.25, 0.3) is 10.8 Å². The van der Waals surface area contributed by atoms with Gasteiger partial charge in [0.15, 0.2) is 0 Å². The largest absolute Gasteiger partial charge is 0.387 e. The molecule has 2 aromatic rings. The second kappa shape index (κ2) is 6.59. The van der Waals surface area contributed by atoms with Crippen LogP contribution in [0.1, 0.15) is 39.4 Å². The SMILES string of the molecule is CC(C)C(C)(C)CNCC(O)c1ccc2ccccc2c1. The molecule has 21 heavy (non-hydrogen) atoms. The maximum absolute atomic E-state index is 10.4. The van der Waals surface area contributed by atoms with E-state index in [0.29, 0.717) is 12.5 Å². The predicted molar refractivity (Wildman–Crippen MR) is 90.4 cm³/mol. The first-order chi connectivity index (χ1) is 9.90. The lowest BCUT2D eigenvalue weighted by atomic mass is 9.81. The number of aliphatic hydroxyl groups is 1. The van der Waals surface area contributed by atoms with Crippen LogP contribution in [0.3, 0.4) is 0 Å². The highest BCUT2D eigenvalue weighted by molar-refractivity contribution is 5.83. The van der Waals surface area contributed by atoms with Crippen LogP contribution in [0.15, 0.2) is 42.5 Å². The second-order valence-corrected chi connectivity index (χ2v) is 6.90. The third kappa shape index (κ3) is 4.05. The summed E-state index contributed by atoms with van der Waals surface area (Å²) in [5, 5.41) is 16.1. The summed E-state index contributed by atoms with van der Waals surface area (Å²) in [6.07, 6.45) is -0.461. The Morgan fingerprint density at radius 1 is 1.05 bits per heavy atom. The molecule has 114 valence electrons. The van der Waals surface area contributed by atoms with Crippen LogP contribution in [-0.2, 0) is 0 Å². The molecular weight excluding hydrogens is 258 g/mol. The van der Waals surface area contributed by atoms with Gasteiger partial charge in [0, 0.05) is 13.1 Å². The van der Waals surface area contributed by atoms with Crippen molar-refractivity contribution in [2.24, 2.45) is 11.3 Å². The Bertz CT molecular complexity index is 589. The Morgan fingerprint density at radius 2 is 1.71 bits per heavy atom. The fraction of sp³-hybridized carbons (Fsp3) is 0.474. The summed E-state index contributed by atoms with van der Waals surface area (Å²) in [5.41, 5.74) is 1.21. The van der Waals surface area contributed by atoms with Gasteiger partial charge in [0.25, 0.3) is 0 Å². The van der Waals surface area contributed by atoms with E-state index in [1.807, 2.05) is 18.2 Å². The molecule has 0 saturated heterocycles. The number of aliphatic hydroxyl groups excluding tert-OH is 1. The van der Waals surface area contributed by atoms with Crippen molar-refractivity contribution < 1.29 is 5.11 Å². The fourth-order valence-electron chi connectivity index (χ4n) is 2.27. The lowest BCUT2D eigenvalue weighted by Crippen LogP contribution is -2.35. The van der Waals surface area contributed by atoms with E-state index >= 15 is 0 Å². The molecule has 2 aromatic carbocycles. The summed E-state index contributed by atoms with van der Waals surface area (Å²) in [6, 6.07) is 14.4. The second-order valence-electron chi connectivity index (χ2n) is 6.90. The lowest BCUT2D eigenvalue weighted by Gasteiger charge is -2.30. The minimum atomic E-state index is -0.461. The van der Waals surface area contributed by atoms with Gasteiger partial charge in [0.1, 0.15) is 0 Å². The van der Waals surface area contributed by atoms with Gasteiger partial charge >= 0.3 is 0 Å². The Labute approximate surface area is 128 Å². The Hall–Kier alpha value is -1.38. The number of rotatable bonds is 6. The van der Waals surface area contributed by atoms with Gasteiger partial charge in [0.05, 0.1) is 6.10 Å². The molecule has 0 saturated carbocycles. The maximum Gasteiger partial charge on any atom is 0.0914 e. The predicted octanol–water partition coefficient (Wildman–Crippen LogP) is 4.15. The number of fused-ring (bicyclic) bond motifs is 1. The van der Waals surface area contributed by atoms with Gasteiger partial charge in [-0.1, -0.05) is 64.1 Å². The summed E-state index contributed by atoms with van der Waals surface area (Å²) in [7, 11) is 0. The molecule has 0 heterocycles. The molecule has 0 aliphatic carbocycles. The van der Waals surface area contributed by atoms with E-state index in [0.717, 1.165) is 12.1 Å². The van der Waals surface area contributed by atoms with Crippen LogP contribution in [0.5, 0.6) is 0 Å². The van der Waals surface area contributed by atoms with Crippen molar-refractivity contribution in [3.63, 3.8) is 0 Å². The molecule has 2 rings (SSSR count). The summed E-state index contributed by atoms with van der Waals surface area (Å²) in [5.74, 6) is 0.614. The average molecular weight is 285 g/mol. The van der Waals surface area contributed by atoms with Gasteiger partial charge in [-0.05, 0) is 33.7 Å². The summed E-state index contributed by atoms with van der Waals surface area (Å²) >= 11 is 0. The number of benzene rings is 2. The fourth-order valence-corrected chi connectivity index (χ4v) is 2.27. The van der Waals surface area contributed by atoms with Crippen LogP contribution in [-0.4, -0.2) is 18.2 Å². The van der Waals surface area contributed by atoms with Crippen molar-refractivity contribution in [2.45, 2.75) is 33.8 Å². The highest BCUT2D eigenvalue weighted by Crippen LogP contribution is 2.25. The Morgan fingerprint density at radius 3 is 2.38 bits per heavy atom. The minimum Gasteiger partial charge on any atom is -0.387 e. The van der Waals surface area contributed by atoms with Gasteiger partial charge in [-0.15, -0.1) is 0 Å². The van der Waals surface area contributed by atoms with E-state index in [-0.39, 0.29) is 5.41 Å². The average Bonchev–Trinajstić information content (AvgIpc) is 2.46. The molecule has 1 unspecified atom stereocenters. The normalized spacial score (nSPS) is 13.8. The molecule has 2 heteroatoms. The van der Waals surface area contributed by atoms with Crippen LogP contribution >= 0.6 is 0 Å². The molecule has 0 fully saturated rings. The Balaban J connectivity index is 1.97. The van der Waals surface area contributed by atoms with Gasteiger partial charge < -0.3 is 10.4 Å². The van der Waals surface area contributed by atoms with Gasteiger partial charge in [-0.25, -0.2) is 0 Å². The smallest absolute Gasteiger partial charge is 0.0914 e. The molecule has 0 aliphatic heterocycles. The molecule has 0 amide bonds. The molecule has 0 spiro atoms. The maximum atomic E-state index is 10.4. The quantitative estimate of drug-likeness (QED) is 0.836. The molecular formula is C19H27NO. The van der Waals surface area contributed by atoms with Gasteiger partial charge in [-0.3, -0.25) is 0 Å².